The molecule has 1 amide bonds. The Hall–Kier alpha value is -2.05. The molecule has 0 fully saturated rings. The van der Waals surface area contributed by atoms with Gasteiger partial charge in [0, 0.05) is 15.1 Å². The van der Waals surface area contributed by atoms with E-state index in [9.17, 15) is 9.90 Å². The average Bonchev–Trinajstić information content (AvgIpc) is 2.59. The Morgan fingerprint density at radius 3 is 2.76 bits per heavy atom. The predicted octanol–water partition coefficient (Wildman–Crippen LogP) is 4.51. The predicted molar refractivity (Wildman–Crippen MR) is 102 cm³/mol. The number of rotatable bonds is 7. The average molecular weight is 426 g/mol. The van der Waals surface area contributed by atoms with Crippen molar-refractivity contribution < 1.29 is 14.6 Å². The Bertz CT molecular complexity index is 750. The quantitative estimate of drug-likeness (QED) is 0.506. The van der Waals surface area contributed by atoms with E-state index in [1.165, 1.54) is 12.3 Å². The van der Waals surface area contributed by atoms with Crippen LogP contribution in [-0.2, 0) is 4.79 Å². The molecule has 1 atom stereocenters. The molecule has 0 bridgehead atoms. The van der Waals surface area contributed by atoms with E-state index < -0.39 is 6.10 Å². The maximum Gasteiger partial charge on any atom is 0.281 e. The van der Waals surface area contributed by atoms with Gasteiger partial charge in [-0.15, -0.1) is 0 Å². The molecule has 0 saturated carbocycles. The number of aromatic hydroxyl groups is 1. The highest BCUT2D eigenvalue weighted by molar-refractivity contribution is 9.10. The molecule has 0 aliphatic carbocycles. The molecule has 0 unspecified atom stereocenters. The summed E-state index contributed by atoms with van der Waals surface area (Å²) in [6, 6.07) is 11.8. The van der Waals surface area contributed by atoms with Crippen LogP contribution in [0.3, 0.4) is 0 Å². The van der Waals surface area contributed by atoms with E-state index in [-0.39, 0.29) is 11.7 Å². The number of phenolic OH excluding ortho intramolecular Hbond substituents is 1. The van der Waals surface area contributed by atoms with E-state index in [1.807, 2.05) is 6.92 Å². The van der Waals surface area contributed by atoms with Gasteiger partial charge in [-0.25, -0.2) is 5.43 Å². The van der Waals surface area contributed by atoms with Gasteiger partial charge in [-0.1, -0.05) is 40.9 Å². The fourth-order valence-electron chi connectivity index (χ4n) is 2.05. The number of halogens is 2. The second-order valence-electron chi connectivity index (χ2n) is 5.29. The van der Waals surface area contributed by atoms with Gasteiger partial charge in [-0.3, -0.25) is 4.79 Å². The highest BCUT2D eigenvalue weighted by Gasteiger charge is 2.19. The number of ether oxygens (including phenoxy) is 1. The number of amides is 1. The number of nitrogens with one attached hydrogen (secondary N) is 1. The molecule has 0 heterocycles. The molecule has 0 radical (unpaired) electrons. The molecular weight excluding hydrogens is 408 g/mol. The molecule has 2 aromatic carbocycles. The summed E-state index contributed by atoms with van der Waals surface area (Å²) in [4.78, 5) is 12.3. The SMILES string of the molecule is CCC[C@@H](Oc1ccc(Cl)cc1)C(=O)N/N=C\c1cc(Br)ccc1O. The van der Waals surface area contributed by atoms with Crippen LogP contribution in [0.25, 0.3) is 0 Å². The van der Waals surface area contributed by atoms with Crippen LogP contribution >= 0.6 is 27.5 Å². The highest BCUT2D eigenvalue weighted by atomic mass is 79.9. The van der Waals surface area contributed by atoms with Crippen molar-refractivity contribution >= 4 is 39.7 Å². The smallest absolute Gasteiger partial charge is 0.281 e. The molecule has 0 saturated heterocycles. The van der Waals surface area contributed by atoms with Crippen LogP contribution in [0.2, 0.25) is 5.02 Å². The third-order valence-electron chi connectivity index (χ3n) is 3.30. The van der Waals surface area contributed by atoms with Gasteiger partial charge in [-0.05, 0) is 48.9 Å². The molecule has 132 valence electrons. The summed E-state index contributed by atoms with van der Waals surface area (Å²) >= 11 is 9.16. The van der Waals surface area contributed by atoms with Crippen molar-refractivity contribution in [2.75, 3.05) is 0 Å². The summed E-state index contributed by atoms with van der Waals surface area (Å²) in [5, 5.41) is 14.2. The molecule has 2 aromatic rings. The van der Waals surface area contributed by atoms with Gasteiger partial charge in [0.05, 0.1) is 6.21 Å². The second-order valence-corrected chi connectivity index (χ2v) is 6.64. The number of nitrogens with zero attached hydrogens (tertiary/aromatic N) is 1. The van der Waals surface area contributed by atoms with Crippen molar-refractivity contribution in [2.24, 2.45) is 5.10 Å². The van der Waals surface area contributed by atoms with Gasteiger partial charge in [0.1, 0.15) is 11.5 Å². The van der Waals surface area contributed by atoms with Crippen LogP contribution in [0.4, 0.5) is 0 Å². The first-order valence-electron chi connectivity index (χ1n) is 7.73. The first-order valence-corrected chi connectivity index (χ1v) is 8.90. The molecule has 7 heteroatoms. The van der Waals surface area contributed by atoms with Crippen molar-refractivity contribution in [3.8, 4) is 11.5 Å². The molecule has 0 aliphatic rings. The van der Waals surface area contributed by atoms with Crippen molar-refractivity contribution in [3.05, 3.63) is 57.5 Å². The Labute approximate surface area is 159 Å². The van der Waals surface area contributed by atoms with E-state index in [0.717, 1.165) is 10.9 Å². The topological polar surface area (TPSA) is 70.9 Å². The third kappa shape index (κ3) is 6.07. The summed E-state index contributed by atoms with van der Waals surface area (Å²) in [6.45, 7) is 1.97. The van der Waals surface area contributed by atoms with E-state index in [2.05, 4.69) is 26.5 Å². The Morgan fingerprint density at radius 1 is 1.36 bits per heavy atom. The minimum atomic E-state index is -0.667. The van der Waals surface area contributed by atoms with Crippen molar-refractivity contribution in [1.29, 1.82) is 0 Å². The minimum absolute atomic E-state index is 0.0729. The molecule has 0 aromatic heterocycles. The zero-order valence-corrected chi connectivity index (χ0v) is 15.9. The highest BCUT2D eigenvalue weighted by Crippen LogP contribution is 2.20. The molecular formula is C18H18BrClN2O3. The summed E-state index contributed by atoms with van der Waals surface area (Å²) in [6.07, 6.45) is 2.04. The summed E-state index contributed by atoms with van der Waals surface area (Å²) in [7, 11) is 0. The zero-order chi connectivity index (χ0) is 18.2. The fraction of sp³-hybridized carbons (Fsp3) is 0.222. The number of carbonyl (C=O) groups is 1. The number of hydrogen-bond acceptors (Lipinski definition) is 4. The number of hydrazone groups is 1. The number of hydrogen-bond donors (Lipinski definition) is 2. The van der Waals surface area contributed by atoms with E-state index >= 15 is 0 Å². The summed E-state index contributed by atoms with van der Waals surface area (Å²) < 4.78 is 6.51. The van der Waals surface area contributed by atoms with Crippen molar-refractivity contribution in [3.63, 3.8) is 0 Å². The van der Waals surface area contributed by atoms with E-state index in [1.54, 1.807) is 36.4 Å². The van der Waals surface area contributed by atoms with Crippen LogP contribution in [0.5, 0.6) is 11.5 Å². The Morgan fingerprint density at radius 2 is 2.08 bits per heavy atom. The van der Waals surface area contributed by atoms with Crippen LogP contribution in [0.15, 0.2) is 52.0 Å². The van der Waals surface area contributed by atoms with Gasteiger partial charge in [0.25, 0.3) is 5.91 Å². The Balaban J connectivity index is 2.00. The molecule has 2 rings (SSSR count). The lowest BCUT2D eigenvalue weighted by Crippen LogP contribution is -2.35. The molecule has 0 spiro atoms. The van der Waals surface area contributed by atoms with E-state index in [0.29, 0.717) is 22.8 Å². The lowest BCUT2D eigenvalue weighted by atomic mass is 10.2. The summed E-state index contributed by atoms with van der Waals surface area (Å²) in [5.74, 6) is 0.276. The largest absolute Gasteiger partial charge is 0.507 e. The maximum atomic E-state index is 12.3. The Kier molecular flexibility index (Phi) is 7.28. The normalized spacial score (nSPS) is 12.1. The maximum absolute atomic E-state index is 12.3. The van der Waals surface area contributed by atoms with Crippen LogP contribution in [0, 0.1) is 0 Å². The van der Waals surface area contributed by atoms with Crippen molar-refractivity contribution in [2.45, 2.75) is 25.9 Å². The summed E-state index contributed by atoms with van der Waals surface area (Å²) in [5.41, 5.74) is 2.93. The van der Waals surface area contributed by atoms with Gasteiger partial charge >= 0.3 is 0 Å². The molecule has 2 N–H and O–H groups in total. The monoisotopic (exact) mass is 424 g/mol. The van der Waals surface area contributed by atoms with Crippen molar-refractivity contribution in [1.82, 2.24) is 5.43 Å². The van der Waals surface area contributed by atoms with Gasteiger partial charge in [0.2, 0.25) is 0 Å². The lowest BCUT2D eigenvalue weighted by molar-refractivity contribution is -0.128. The van der Waals surface area contributed by atoms with Gasteiger partial charge < -0.3 is 9.84 Å². The first kappa shape index (κ1) is 19.3. The zero-order valence-electron chi connectivity index (χ0n) is 13.6. The van der Waals surface area contributed by atoms with E-state index in [4.69, 9.17) is 16.3 Å². The first-order chi connectivity index (χ1) is 12.0. The standard InChI is InChI=1S/C18H18BrClN2O3/c1-2-3-17(25-15-7-5-14(20)6-8-15)18(24)22-21-11-12-10-13(19)4-9-16(12)23/h4-11,17,23H,2-3H2,1H3,(H,22,24)/b21-11-/t17-/m1/s1. The number of phenols is 1. The number of benzene rings is 2. The molecule has 5 nitrogen and oxygen atoms in total. The molecule has 0 aliphatic heterocycles. The molecule has 25 heavy (non-hydrogen) atoms. The van der Waals surface area contributed by atoms with Gasteiger partial charge in [0.15, 0.2) is 6.10 Å². The van der Waals surface area contributed by atoms with Crippen LogP contribution < -0.4 is 10.2 Å². The minimum Gasteiger partial charge on any atom is -0.507 e. The van der Waals surface area contributed by atoms with Crippen LogP contribution in [0.1, 0.15) is 25.3 Å². The fourth-order valence-corrected chi connectivity index (χ4v) is 2.55. The van der Waals surface area contributed by atoms with Gasteiger partial charge in [-0.2, -0.15) is 5.10 Å². The number of carbonyl (C=O) groups excluding carboxylic acids is 1. The lowest BCUT2D eigenvalue weighted by Gasteiger charge is -2.16. The third-order valence-corrected chi connectivity index (χ3v) is 4.05. The second kappa shape index (κ2) is 9.44. The van der Waals surface area contributed by atoms with Crippen LogP contribution in [-0.4, -0.2) is 23.3 Å².